The number of benzene rings is 8. The molecule has 0 saturated carbocycles. The van der Waals surface area contributed by atoms with E-state index >= 15 is 0 Å². The number of carbonyl (C=O) groups is 4. The second-order valence-electron chi connectivity index (χ2n) is 18.2. The molecule has 0 amide bonds. The van der Waals surface area contributed by atoms with Gasteiger partial charge in [0.2, 0.25) is 0 Å². The molecular formula is C68H64Cl6N2O8P2. The third-order valence-corrected chi connectivity index (χ3v) is 22.7. The Hall–Kier alpha value is -6.68. The minimum atomic E-state index is -3.08. The minimum Gasteiger partial charge on any atom is -0.466 e. The number of rotatable bonds is 15. The highest BCUT2D eigenvalue weighted by molar-refractivity contribution is 7.86. The average molecular weight is 1310 g/mol. The molecule has 0 radical (unpaired) electrons. The number of alkyl halides is 6. The maximum Gasteiger partial charge on any atom is 0.341 e. The van der Waals surface area contributed by atoms with Gasteiger partial charge in [0.05, 0.1) is 64.3 Å². The Balaban J connectivity index is 0.000000232. The molecule has 0 aliphatic carbocycles. The maximum atomic E-state index is 13.8. The van der Waals surface area contributed by atoms with E-state index in [1.54, 1.807) is 0 Å². The molecule has 0 bridgehead atoms. The Labute approximate surface area is 534 Å². The SMILES string of the molecule is COC(=O)C1=C(C(=O)OC)P(c2ccccc2)(c2ccccc2)=NC1(c1ccccc1)c1ccccc1.COC(=O)C1=C(C(=O)OC)P(c2ccccc2)(c2ccccc2)=NC1(c1ccccc1)c1ccccc1.ClCCCl.ClCCCl.ClCCCl. The topological polar surface area (TPSA) is 130 Å². The van der Waals surface area contributed by atoms with Gasteiger partial charge in [0, 0.05) is 56.5 Å². The number of halogens is 6. The van der Waals surface area contributed by atoms with Crippen molar-refractivity contribution in [3.63, 3.8) is 0 Å². The van der Waals surface area contributed by atoms with E-state index in [2.05, 4.69) is 0 Å². The van der Waals surface area contributed by atoms with Crippen molar-refractivity contribution >= 4 is 129 Å². The smallest absolute Gasteiger partial charge is 0.341 e. The summed E-state index contributed by atoms with van der Waals surface area (Å²) in [7, 11) is -0.839. The van der Waals surface area contributed by atoms with Crippen LogP contribution in [-0.4, -0.2) is 87.6 Å². The van der Waals surface area contributed by atoms with Gasteiger partial charge < -0.3 is 18.9 Å². The summed E-state index contributed by atoms with van der Waals surface area (Å²) in [6.07, 6.45) is 0. The first kappa shape index (κ1) is 68.4. The van der Waals surface area contributed by atoms with Gasteiger partial charge in [-0.2, -0.15) is 0 Å². The van der Waals surface area contributed by atoms with Gasteiger partial charge in [-0.25, -0.2) is 19.2 Å². The van der Waals surface area contributed by atoms with Gasteiger partial charge >= 0.3 is 23.9 Å². The van der Waals surface area contributed by atoms with Crippen LogP contribution < -0.4 is 21.2 Å². The van der Waals surface area contributed by atoms with Gasteiger partial charge in [-0.05, 0) is 22.3 Å². The van der Waals surface area contributed by atoms with Crippen LogP contribution in [0.2, 0.25) is 0 Å². The maximum absolute atomic E-state index is 13.8. The summed E-state index contributed by atoms with van der Waals surface area (Å²) in [6, 6.07) is 77.2. The second kappa shape index (κ2) is 34.0. The van der Waals surface area contributed by atoms with E-state index < -0.39 is 49.1 Å². The summed E-state index contributed by atoms with van der Waals surface area (Å²) in [6.45, 7) is 0. The minimum absolute atomic E-state index is 0.181. The Bertz CT molecular complexity index is 3230. The van der Waals surface area contributed by atoms with Crippen molar-refractivity contribution in [1.82, 2.24) is 0 Å². The van der Waals surface area contributed by atoms with Crippen LogP contribution >= 0.6 is 83.7 Å². The van der Waals surface area contributed by atoms with E-state index in [1.165, 1.54) is 28.4 Å². The van der Waals surface area contributed by atoms with Crippen molar-refractivity contribution in [2.24, 2.45) is 9.49 Å². The highest BCUT2D eigenvalue weighted by Gasteiger charge is 2.58. The molecule has 0 saturated heterocycles. The lowest BCUT2D eigenvalue weighted by atomic mass is 9.77. The number of nitrogens with zero attached hydrogens (tertiary/aromatic N) is 2. The van der Waals surface area contributed by atoms with Gasteiger partial charge in [0.1, 0.15) is 11.1 Å². The van der Waals surface area contributed by atoms with Crippen molar-refractivity contribution in [2.45, 2.75) is 11.1 Å². The van der Waals surface area contributed by atoms with Crippen LogP contribution in [0.15, 0.2) is 274 Å². The van der Waals surface area contributed by atoms with E-state index in [4.69, 9.17) is 98.0 Å². The van der Waals surface area contributed by atoms with E-state index in [-0.39, 0.29) is 21.8 Å². The standard InChI is InChI=1S/2C31H26NO4P.3C2H4Cl2/c2*1-35-29(33)27-28(30(34)36-2)37(25-19-11-5-12-20-25,26-21-13-6-14-22-26)32-31(27,23-15-7-3-8-16-23)24-17-9-4-10-18-24;3*3-1-2-4/h2*3-22H,1-2H3;3*1-2H2. The quantitative estimate of drug-likeness (QED) is 0.0429. The molecule has 2 aliphatic heterocycles. The van der Waals surface area contributed by atoms with Crippen LogP contribution in [0, 0.1) is 0 Å². The van der Waals surface area contributed by atoms with Crippen molar-refractivity contribution in [3.8, 4) is 0 Å². The lowest BCUT2D eigenvalue weighted by Gasteiger charge is -2.31. The molecule has 446 valence electrons. The van der Waals surface area contributed by atoms with Crippen molar-refractivity contribution < 1.29 is 38.1 Å². The first-order valence-electron chi connectivity index (χ1n) is 26.8. The molecule has 10 nitrogen and oxygen atoms in total. The number of esters is 4. The van der Waals surface area contributed by atoms with Gasteiger partial charge in [0.15, 0.2) is 0 Å². The van der Waals surface area contributed by atoms with Gasteiger partial charge in [-0.3, -0.25) is 9.49 Å². The summed E-state index contributed by atoms with van der Waals surface area (Å²) < 4.78 is 32.9. The zero-order chi connectivity index (χ0) is 62.0. The van der Waals surface area contributed by atoms with Crippen LogP contribution in [-0.2, 0) is 49.2 Å². The van der Waals surface area contributed by atoms with Crippen LogP contribution in [0.1, 0.15) is 22.3 Å². The normalized spacial score (nSPS) is 14.4. The lowest BCUT2D eigenvalue weighted by molar-refractivity contribution is -0.139. The molecule has 0 fully saturated rings. The molecule has 0 unspecified atom stereocenters. The third-order valence-electron chi connectivity index (χ3n) is 13.5. The Morgan fingerprint density at radius 1 is 0.302 bits per heavy atom. The van der Waals surface area contributed by atoms with Crippen LogP contribution in [0.5, 0.6) is 0 Å². The fourth-order valence-electron chi connectivity index (χ4n) is 10.2. The molecule has 0 N–H and O–H groups in total. The number of hydrogen-bond acceptors (Lipinski definition) is 10. The molecule has 8 aromatic rings. The number of hydrogen-bond donors (Lipinski definition) is 0. The predicted molar refractivity (Wildman–Crippen MR) is 357 cm³/mol. The Kier molecular flexibility index (Phi) is 27.1. The molecule has 86 heavy (non-hydrogen) atoms. The predicted octanol–water partition coefficient (Wildman–Crippen LogP) is 15.2. The molecule has 10 rings (SSSR count). The molecule has 18 heteroatoms. The molecule has 0 aromatic heterocycles. The zero-order valence-electron chi connectivity index (χ0n) is 47.7. The molecule has 8 aromatic carbocycles. The highest BCUT2D eigenvalue weighted by atomic mass is 35.5. The van der Waals surface area contributed by atoms with Crippen LogP contribution in [0.4, 0.5) is 0 Å². The largest absolute Gasteiger partial charge is 0.466 e. The molecule has 2 heterocycles. The third kappa shape index (κ3) is 14.5. The van der Waals surface area contributed by atoms with Crippen molar-refractivity contribution in [3.05, 3.63) is 287 Å². The van der Waals surface area contributed by atoms with Crippen molar-refractivity contribution in [2.75, 3.05) is 63.7 Å². The van der Waals surface area contributed by atoms with E-state index in [9.17, 15) is 19.2 Å². The highest BCUT2D eigenvalue weighted by Crippen LogP contribution is 2.70. The zero-order valence-corrected chi connectivity index (χ0v) is 54.0. The summed E-state index contributed by atoms with van der Waals surface area (Å²) in [5.74, 6) is 0.907. The Morgan fingerprint density at radius 3 is 0.640 bits per heavy atom. The van der Waals surface area contributed by atoms with Crippen molar-refractivity contribution in [1.29, 1.82) is 0 Å². The van der Waals surface area contributed by atoms with Gasteiger partial charge in [-0.1, -0.05) is 243 Å². The number of carbonyl (C=O) groups excluding carboxylic acids is 4. The van der Waals surface area contributed by atoms with E-state index in [0.29, 0.717) is 35.3 Å². The van der Waals surface area contributed by atoms with Gasteiger partial charge in [-0.15, -0.1) is 69.6 Å². The second-order valence-corrected chi connectivity index (χ2v) is 26.4. The van der Waals surface area contributed by atoms with Gasteiger partial charge in [0.25, 0.3) is 0 Å². The molecule has 0 atom stereocenters. The summed E-state index contributed by atoms with van der Waals surface area (Å²) >= 11 is 30.3. The summed E-state index contributed by atoms with van der Waals surface area (Å²) in [5.41, 5.74) is 0.791. The first-order valence-corrected chi connectivity index (χ1v) is 33.5. The van der Waals surface area contributed by atoms with E-state index in [1.807, 2.05) is 243 Å². The van der Waals surface area contributed by atoms with Crippen LogP contribution in [0.25, 0.3) is 0 Å². The fourth-order valence-corrected chi connectivity index (χ4v) is 18.3. The number of methoxy groups -OCH3 is 4. The first-order chi connectivity index (χ1) is 41.9. The average Bonchev–Trinajstić information content (AvgIpc) is 1.55. The monoisotopic (exact) mass is 1310 g/mol. The number of ether oxygens (including phenoxy) is 4. The molecule has 2 aliphatic rings. The van der Waals surface area contributed by atoms with Crippen LogP contribution in [0.3, 0.4) is 0 Å². The summed E-state index contributed by atoms with van der Waals surface area (Å²) in [5, 5.41) is 3.86. The fraction of sp³-hybridized carbons (Fsp3) is 0.176. The molecular weight excluding hydrogens is 1250 g/mol. The van der Waals surface area contributed by atoms with E-state index in [0.717, 1.165) is 43.5 Å². The molecule has 0 spiro atoms. The Morgan fingerprint density at radius 2 is 0.477 bits per heavy atom. The lowest BCUT2D eigenvalue weighted by Crippen LogP contribution is -2.32. The summed E-state index contributed by atoms with van der Waals surface area (Å²) in [4.78, 5) is 55.3.